The first-order chi connectivity index (χ1) is 9.96. The van der Waals surface area contributed by atoms with Crippen molar-refractivity contribution < 1.29 is 17.9 Å². The molecule has 2 rings (SSSR count). The van der Waals surface area contributed by atoms with Gasteiger partial charge in [-0.3, -0.25) is 4.31 Å². The van der Waals surface area contributed by atoms with Crippen molar-refractivity contribution in [1.29, 1.82) is 0 Å². The predicted octanol–water partition coefficient (Wildman–Crippen LogP) is 2.32. The molecule has 0 bridgehead atoms. The Morgan fingerprint density at radius 1 is 1.14 bits per heavy atom. The molecule has 0 radical (unpaired) electrons. The number of rotatable bonds is 5. The number of hydrogen-bond donors (Lipinski definition) is 1. The zero-order valence-electron chi connectivity index (χ0n) is 11.5. The molecule has 1 N–H and O–H groups in total. The number of anilines is 1. The van der Waals surface area contributed by atoms with Gasteiger partial charge in [0.05, 0.1) is 23.7 Å². The van der Waals surface area contributed by atoms with Gasteiger partial charge in [0, 0.05) is 0 Å². The molecule has 2 aromatic carbocycles. The van der Waals surface area contributed by atoms with Gasteiger partial charge in [0.1, 0.15) is 5.82 Å². The van der Waals surface area contributed by atoms with Crippen LogP contribution in [0.1, 0.15) is 5.56 Å². The summed E-state index contributed by atoms with van der Waals surface area (Å²) in [5.41, 5.74) is 0.782. The maximum Gasteiger partial charge on any atom is 0.264 e. The summed E-state index contributed by atoms with van der Waals surface area (Å²) in [5.74, 6) is -0.486. The Hall–Kier alpha value is -1.92. The van der Waals surface area contributed by atoms with Gasteiger partial charge in [-0.15, -0.1) is 0 Å². The summed E-state index contributed by atoms with van der Waals surface area (Å²) < 4.78 is 39.8. The Bertz CT molecular complexity index is 717. The Balaban J connectivity index is 2.53. The second kappa shape index (κ2) is 6.24. The zero-order chi connectivity index (χ0) is 15.5. The number of aliphatic hydroxyl groups excluding tert-OH is 1. The maximum atomic E-state index is 13.2. The molecule has 21 heavy (non-hydrogen) atoms. The second-order valence-electron chi connectivity index (χ2n) is 4.55. The third kappa shape index (κ3) is 3.22. The van der Waals surface area contributed by atoms with Crippen LogP contribution in [0.15, 0.2) is 53.4 Å². The van der Waals surface area contributed by atoms with Crippen molar-refractivity contribution >= 4 is 15.7 Å². The number of aryl methyl sites for hydroxylation is 1. The molecule has 112 valence electrons. The summed E-state index contributed by atoms with van der Waals surface area (Å²) in [6.07, 6.45) is 0. The Morgan fingerprint density at radius 2 is 1.81 bits per heavy atom. The van der Waals surface area contributed by atoms with Crippen LogP contribution in [0.3, 0.4) is 0 Å². The van der Waals surface area contributed by atoms with Gasteiger partial charge in [-0.2, -0.15) is 0 Å². The fourth-order valence-corrected chi connectivity index (χ4v) is 3.76. The van der Waals surface area contributed by atoms with Crippen LogP contribution >= 0.6 is 0 Å². The van der Waals surface area contributed by atoms with Crippen molar-refractivity contribution in [1.82, 2.24) is 0 Å². The van der Waals surface area contributed by atoms with Gasteiger partial charge in [-0.05, 0) is 42.8 Å². The highest BCUT2D eigenvalue weighted by Crippen LogP contribution is 2.25. The van der Waals surface area contributed by atoms with E-state index in [1.807, 2.05) is 0 Å². The van der Waals surface area contributed by atoms with Gasteiger partial charge in [-0.25, -0.2) is 12.8 Å². The van der Waals surface area contributed by atoms with Gasteiger partial charge in [0.2, 0.25) is 0 Å². The third-order valence-corrected chi connectivity index (χ3v) is 5.04. The van der Waals surface area contributed by atoms with Crippen LogP contribution in [0.2, 0.25) is 0 Å². The number of halogens is 1. The Kier molecular flexibility index (Phi) is 4.59. The van der Waals surface area contributed by atoms with E-state index in [-0.39, 0.29) is 18.0 Å². The molecule has 0 heterocycles. The second-order valence-corrected chi connectivity index (χ2v) is 6.38. The van der Waals surface area contributed by atoms with Crippen molar-refractivity contribution in [2.45, 2.75) is 11.8 Å². The number of nitrogens with zero attached hydrogens (tertiary/aromatic N) is 1. The van der Waals surface area contributed by atoms with Crippen molar-refractivity contribution in [3.05, 3.63) is 59.9 Å². The van der Waals surface area contributed by atoms with Crippen LogP contribution in [-0.4, -0.2) is 26.7 Å². The first-order valence-corrected chi connectivity index (χ1v) is 7.85. The monoisotopic (exact) mass is 309 g/mol. The van der Waals surface area contributed by atoms with E-state index in [0.29, 0.717) is 11.3 Å². The van der Waals surface area contributed by atoms with Crippen LogP contribution in [-0.2, 0) is 10.0 Å². The minimum absolute atomic E-state index is 0.0289. The van der Waals surface area contributed by atoms with E-state index >= 15 is 0 Å². The van der Waals surface area contributed by atoms with Gasteiger partial charge in [-0.1, -0.05) is 18.2 Å². The molecule has 0 saturated carbocycles. The van der Waals surface area contributed by atoms with Crippen molar-refractivity contribution in [3.8, 4) is 0 Å². The predicted molar refractivity (Wildman–Crippen MR) is 79.2 cm³/mol. The molecule has 6 heteroatoms. The largest absolute Gasteiger partial charge is 0.394 e. The van der Waals surface area contributed by atoms with Crippen LogP contribution in [0, 0.1) is 12.7 Å². The smallest absolute Gasteiger partial charge is 0.264 e. The summed E-state index contributed by atoms with van der Waals surface area (Å²) in [6, 6.07) is 12.0. The highest BCUT2D eigenvalue weighted by molar-refractivity contribution is 7.92. The fourth-order valence-electron chi connectivity index (χ4n) is 2.09. The Labute approximate surface area is 123 Å². The molecule has 0 spiro atoms. The lowest BCUT2D eigenvalue weighted by Gasteiger charge is -2.24. The molecular formula is C15H16FNO3S. The molecule has 0 unspecified atom stereocenters. The minimum Gasteiger partial charge on any atom is -0.394 e. The number of para-hydroxylation sites is 1. The fraction of sp³-hybridized carbons (Fsp3) is 0.200. The first-order valence-electron chi connectivity index (χ1n) is 6.41. The maximum absolute atomic E-state index is 13.2. The quantitative estimate of drug-likeness (QED) is 0.922. The van der Waals surface area contributed by atoms with Crippen LogP contribution in [0.25, 0.3) is 0 Å². The van der Waals surface area contributed by atoms with E-state index in [1.165, 1.54) is 19.1 Å². The van der Waals surface area contributed by atoms with Crippen molar-refractivity contribution in [2.24, 2.45) is 0 Å². The average Bonchev–Trinajstić information content (AvgIpc) is 2.45. The van der Waals surface area contributed by atoms with Gasteiger partial charge in [0.15, 0.2) is 0 Å². The molecule has 0 aromatic heterocycles. The first kappa shape index (κ1) is 15.5. The number of benzene rings is 2. The van der Waals surface area contributed by atoms with Crippen molar-refractivity contribution in [3.63, 3.8) is 0 Å². The molecule has 0 aliphatic rings. The lowest BCUT2D eigenvalue weighted by atomic mass is 10.2. The highest BCUT2D eigenvalue weighted by atomic mass is 32.2. The summed E-state index contributed by atoms with van der Waals surface area (Å²) in [5, 5.41) is 9.16. The van der Waals surface area contributed by atoms with E-state index in [4.69, 9.17) is 5.11 Å². The van der Waals surface area contributed by atoms with Gasteiger partial charge >= 0.3 is 0 Å². The Morgan fingerprint density at radius 3 is 2.38 bits per heavy atom. The lowest BCUT2D eigenvalue weighted by Crippen LogP contribution is -2.34. The lowest BCUT2D eigenvalue weighted by molar-refractivity contribution is 0.306. The normalized spacial score (nSPS) is 11.4. The molecular weight excluding hydrogens is 293 g/mol. The molecule has 0 fully saturated rings. The van der Waals surface area contributed by atoms with Crippen LogP contribution < -0.4 is 4.31 Å². The van der Waals surface area contributed by atoms with Crippen molar-refractivity contribution in [2.75, 3.05) is 17.5 Å². The molecule has 2 aromatic rings. The standard InChI is InChI=1S/C15H16FNO3S/c1-12-11-13(16)7-8-15(12)21(19,20)17(9-10-18)14-5-3-2-4-6-14/h2-8,11,18H,9-10H2,1H3. The highest BCUT2D eigenvalue weighted by Gasteiger charge is 2.26. The summed E-state index contributed by atoms with van der Waals surface area (Å²) in [6.45, 7) is 1.16. The molecule has 4 nitrogen and oxygen atoms in total. The topological polar surface area (TPSA) is 57.6 Å². The average molecular weight is 309 g/mol. The minimum atomic E-state index is -3.86. The molecule has 0 atom stereocenters. The van der Waals surface area contributed by atoms with E-state index in [0.717, 1.165) is 10.4 Å². The van der Waals surface area contributed by atoms with Crippen LogP contribution in [0.4, 0.5) is 10.1 Å². The summed E-state index contributed by atoms with van der Waals surface area (Å²) in [4.78, 5) is 0.0289. The van der Waals surface area contributed by atoms with E-state index in [2.05, 4.69) is 0 Å². The van der Waals surface area contributed by atoms with E-state index < -0.39 is 15.8 Å². The van der Waals surface area contributed by atoms with E-state index in [9.17, 15) is 12.8 Å². The SMILES string of the molecule is Cc1cc(F)ccc1S(=O)(=O)N(CCO)c1ccccc1. The van der Waals surface area contributed by atoms with Gasteiger partial charge in [0.25, 0.3) is 10.0 Å². The summed E-state index contributed by atoms with van der Waals surface area (Å²) in [7, 11) is -3.86. The summed E-state index contributed by atoms with van der Waals surface area (Å²) >= 11 is 0. The number of aliphatic hydroxyl groups is 1. The molecule has 0 aliphatic heterocycles. The zero-order valence-corrected chi connectivity index (χ0v) is 12.3. The van der Waals surface area contributed by atoms with Gasteiger partial charge < -0.3 is 5.11 Å². The molecule has 0 aliphatic carbocycles. The third-order valence-electron chi connectivity index (χ3n) is 3.05. The van der Waals surface area contributed by atoms with E-state index in [1.54, 1.807) is 30.3 Å². The molecule has 0 saturated heterocycles. The number of hydrogen-bond acceptors (Lipinski definition) is 3. The van der Waals surface area contributed by atoms with Crippen LogP contribution in [0.5, 0.6) is 0 Å². The molecule has 0 amide bonds. The number of sulfonamides is 1.